The van der Waals surface area contributed by atoms with Crippen LogP contribution >= 0.6 is 0 Å². The number of rotatable bonds is 5. The Bertz CT molecular complexity index is 654. The van der Waals surface area contributed by atoms with E-state index in [1.165, 1.54) is 18.2 Å². The molecule has 0 aliphatic rings. The number of nitrogens with zero attached hydrogens (tertiary/aromatic N) is 2. The molecular weight excluding hydrogens is 274 g/mol. The predicted molar refractivity (Wildman–Crippen MR) is 77.1 cm³/mol. The summed E-state index contributed by atoms with van der Waals surface area (Å²) in [5.41, 5.74) is 0.597. The third kappa shape index (κ3) is 3.16. The molecule has 2 aromatic rings. The summed E-state index contributed by atoms with van der Waals surface area (Å²) in [4.78, 5) is 29.5. The van der Waals surface area contributed by atoms with Crippen LogP contribution in [0.25, 0.3) is 0 Å². The van der Waals surface area contributed by atoms with E-state index in [2.05, 4.69) is 20.6 Å². The summed E-state index contributed by atoms with van der Waals surface area (Å²) in [6.45, 7) is 1.77. The molecule has 3 N–H and O–H groups in total. The summed E-state index contributed by atoms with van der Waals surface area (Å²) in [6.07, 6.45) is 3.24. The van der Waals surface area contributed by atoms with Gasteiger partial charge in [0, 0.05) is 37.3 Å². The molecule has 8 nitrogen and oxygen atoms in total. The number of carbonyl (C=O) groups is 1. The van der Waals surface area contributed by atoms with Gasteiger partial charge in [-0.25, -0.2) is 4.98 Å². The van der Waals surface area contributed by atoms with Crippen LogP contribution in [0.5, 0.6) is 0 Å². The van der Waals surface area contributed by atoms with Crippen molar-refractivity contribution in [2.24, 2.45) is 0 Å². The minimum absolute atomic E-state index is 0.134. The first-order chi connectivity index (χ1) is 10.0. The SMILES string of the molecule is CNc1ccc([N+](=O)[O-])cc1C(=O)NC(C)c1ncc[nH]1. The fourth-order valence-corrected chi connectivity index (χ4v) is 1.91. The number of imidazole rings is 1. The first-order valence-electron chi connectivity index (χ1n) is 6.29. The molecule has 1 atom stereocenters. The van der Waals surface area contributed by atoms with Crippen LogP contribution in [0, 0.1) is 10.1 Å². The van der Waals surface area contributed by atoms with Gasteiger partial charge in [0.2, 0.25) is 0 Å². The molecule has 1 unspecified atom stereocenters. The third-order valence-corrected chi connectivity index (χ3v) is 3.01. The third-order valence-electron chi connectivity index (χ3n) is 3.01. The van der Waals surface area contributed by atoms with E-state index >= 15 is 0 Å². The van der Waals surface area contributed by atoms with Crippen LogP contribution in [0.3, 0.4) is 0 Å². The Kier molecular flexibility index (Phi) is 4.17. The van der Waals surface area contributed by atoms with Crippen molar-refractivity contribution in [3.63, 3.8) is 0 Å². The largest absolute Gasteiger partial charge is 0.387 e. The van der Waals surface area contributed by atoms with Crippen LogP contribution < -0.4 is 10.6 Å². The highest BCUT2D eigenvalue weighted by Gasteiger charge is 2.19. The van der Waals surface area contributed by atoms with Crippen molar-refractivity contribution in [2.75, 3.05) is 12.4 Å². The van der Waals surface area contributed by atoms with Crippen LogP contribution in [-0.2, 0) is 0 Å². The number of H-pyrrole nitrogens is 1. The highest BCUT2D eigenvalue weighted by molar-refractivity contribution is 6.00. The maximum atomic E-state index is 12.3. The van der Waals surface area contributed by atoms with E-state index in [0.717, 1.165) is 0 Å². The van der Waals surface area contributed by atoms with Crippen LogP contribution in [0.4, 0.5) is 11.4 Å². The second kappa shape index (κ2) is 6.04. The molecule has 0 aliphatic carbocycles. The minimum atomic E-state index is -0.536. The molecule has 0 bridgehead atoms. The van der Waals surface area contributed by atoms with Gasteiger partial charge in [-0.3, -0.25) is 14.9 Å². The smallest absolute Gasteiger partial charge is 0.270 e. The number of carbonyl (C=O) groups excluding carboxylic acids is 1. The molecule has 1 heterocycles. The zero-order chi connectivity index (χ0) is 15.4. The van der Waals surface area contributed by atoms with Gasteiger partial charge in [-0.2, -0.15) is 0 Å². The number of amides is 1. The number of nitro groups is 1. The van der Waals surface area contributed by atoms with E-state index in [4.69, 9.17) is 0 Å². The number of aromatic amines is 1. The molecule has 110 valence electrons. The van der Waals surface area contributed by atoms with Crippen molar-refractivity contribution in [1.29, 1.82) is 0 Å². The molecule has 2 rings (SSSR count). The number of hydrogen-bond donors (Lipinski definition) is 3. The number of nitrogens with one attached hydrogen (secondary N) is 3. The average Bonchev–Trinajstić information content (AvgIpc) is 3.00. The highest BCUT2D eigenvalue weighted by atomic mass is 16.6. The number of nitro benzene ring substituents is 1. The van der Waals surface area contributed by atoms with Gasteiger partial charge in [0.1, 0.15) is 5.82 Å². The quantitative estimate of drug-likeness (QED) is 0.574. The van der Waals surface area contributed by atoms with E-state index in [-0.39, 0.29) is 17.3 Å². The zero-order valence-electron chi connectivity index (χ0n) is 11.6. The van der Waals surface area contributed by atoms with Crippen LogP contribution in [0.15, 0.2) is 30.6 Å². The van der Waals surface area contributed by atoms with E-state index < -0.39 is 10.8 Å². The molecule has 0 saturated heterocycles. The van der Waals surface area contributed by atoms with E-state index in [9.17, 15) is 14.9 Å². The van der Waals surface area contributed by atoms with Gasteiger partial charge in [-0.15, -0.1) is 0 Å². The molecule has 0 fully saturated rings. The van der Waals surface area contributed by atoms with Crippen molar-refractivity contribution in [3.8, 4) is 0 Å². The molecular formula is C13H15N5O3. The van der Waals surface area contributed by atoms with Crippen LogP contribution in [0.1, 0.15) is 29.1 Å². The minimum Gasteiger partial charge on any atom is -0.387 e. The molecule has 0 radical (unpaired) electrons. The molecule has 1 aromatic heterocycles. The number of aromatic nitrogens is 2. The summed E-state index contributed by atoms with van der Waals surface area (Å²) in [5.74, 6) is 0.201. The lowest BCUT2D eigenvalue weighted by atomic mass is 10.1. The molecule has 0 aliphatic heterocycles. The lowest BCUT2D eigenvalue weighted by Gasteiger charge is -2.13. The fourth-order valence-electron chi connectivity index (χ4n) is 1.91. The Morgan fingerprint density at radius 1 is 1.48 bits per heavy atom. The number of non-ortho nitro benzene ring substituents is 1. The van der Waals surface area contributed by atoms with Gasteiger partial charge in [0.15, 0.2) is 0 Å². The van der Waals surface area contributed by atoms with Gasteiger partial charge in [0.05, 0.1) is 16.5 Å². The Labute approximate surface area is 120 Å². The van der Waals surface area contributed by atoms with E-state index in [0.29, 0.717) is 11.5 Å². The molecule has 1 aromatic carbocycles. The average molecular weight is 289 g/mol. The normalized spacial score (nSPS) is 11.7. The number of anilines is 1. The summed E-state index contributed by atoms with van der Waals surface area (Å²) < 4.78 is 0. The Hall–Kier alpha value is -2.90. The first-order valence-corrected chi connectivity index (χ1v) is 6.29. The van der Waals surface area contributed by atoms with Gasteiger partial charge in [-0.05, 0) is 13.0 Å². The summed E-state index contributed by atoms with van der Waals surface area (Å²) in [5, 5.41) is 16.4. The summed E-state index contributed by atoms with van der Waals surface area (Å²) in [7, 11) is 1.65. The monoisotopic (exact) mass is 289 g/mol. The standard InChI is InChI=1S/C13H15N5O3/c1-8(12-15-5-6-16-12)17-13(19)10-7-9(18(20)21)3-4-11(10)14-2/h3-8,14H,1-2H3,(H,15,16)(H,17,19). The van der Waals surface area contributed by atoms with Crippen LogP contribution in [-0.4, -0.2) is 27.8 Å². The molecule has 1 amide bonds. The van der Waals surface area contributed by atoms with Gasteiger partial charge >= 0.3 is 0 Å². The maximum absolute atomic E-state index is 12.3. The van der Waals surface area contributed by atoms with Gasteiger partial charge in [0.25, 0.3) is 11.6 Å². The summed E-state index contributed by atoms with van der Waals surface area (Å²) in [6, 6.07) is 3.76. The zero-order valence-corrected chi connectivity index (χ0v) is 11.6. The van der Waals surface area contributed by atoms with Crippen molar-refractivity contribution < 1.29 is 9.72 Å². The second-order valence-corrected chi connectivity index (χ2v) is 4.41. The molecule has 0 saturated carbocycles. The Balaban J connectivity index is 2.25. The lowest BCUT2D eigenvalue weighted by Crippen LogP contribution is -2.28. The lowest BCUT2D eigenvalue weighted by molar-refractivity contribution is -0.384. The Morgan fingerprint density at radius 2 is 2.24 bits per heavy atom. The fraction of sp³-hybridized carbons (Fsp3) is 0.231. The molecule has 8 heteroatoms. The topological polar surface area (TPSA) is 113 Å². The van der Waals surface area contributed by atoms with Crippen molar-refractivity contribution in [2.45, 2.75) is 13.0 Å². The first kappa shape index (κ1) is 14.5. The van der Waals surface area contributed by atoms with Gasteiger partial charge < -0.3 is 15.6 Å². The number of benzene rings is 1. The maximum Gasteiger partial charge on any atom is 0.270 e. The van der Waals surface area contributed by atoms with Crippen LogP contribution in [0.2, 0.25) is 0 Å². The van der Waals surface area contributed by atoms with Gasteiger partial charge in [-0.1, -0.05) is 0 Å². The number of hydrogen-bond acceptors (Lipinski definition) is 5. The second-order valence-electron chi connectivity index (χ2n) is 4.41. The van der Waals surface area contributed by atoms with Crippen molar-refractivity contribution >= 4 is 17.3 Å². The molecule has 21 heavy (non-hydrogen) atoms. The van der Waals surface area contributed by atoms with E-state index in [1.54, 1.807) is 26.4 Å². The highest BCUT2D eigenvalue weighted by Crippen LogP contribution is 2.22. The van der Waals surface area contributed by atoms with Crippen molar-refractivity contribution in [3.05, 3.63) is 52.1 Å². The predicted octanol–water partition coefficient (Wildman–Crippen LogP) is 1.85. The Morgan fingerprint density at radius 3 is 2.81 bits per heavy atom. The van der Waals surface area contributed by atoms with Crippen molar-refractivity contribution in [1.82, 2.24) is 15.3 Å². The van der Waals surface area contributed by atoms with E-state index in [1.807, 2.05) is 0 Å². The molecule has 0 spiro atoms. The summed E-state index contributed by atoms with van der Waals surface area (Å²) >= 11 is 0.